The van der Waals surface area contributed by atoms with Crippen molar-refractivity contribution in [1.82, 2.24) is 9.88 Å². The number of methoxy groups -OCH3 is 2. The molecule has 2 heterocycles. The van der Waals surface area contributed by atoms with Crippen LogP contribution in [0.25, 0.3) is 0 Å². The topological polar surface area (TPSA) is 54.9 Å². The molecule has 0 radical (unpaired) electrons. The highest BCUT2D eigenvalue weighted by atomic mass is 19.2. The highest BCUT2D eigenvalue weighted by Crippen LogP contribution is 2.29. The number of piperazine rings is 1. The van der Waals surface area contributed by atoms with Gasteiger partial charge in [-0.15, -0.1) is 0 Å². The van der Waals surface area contributed by atoms with Crippen LogP contribution in [-0.2, 0) is 0 Å². The zero-order valence-corrected chi connectivity index (χ0v) is 15.1. The molecule has 28 heavy (non-hydrogen) atoms. The first-order chi connectivity index (χ1) is 13.4. The summed E-state index contributed by atoms with van der Waals surface area (Å²) >= 11 is 0. The normalized spacial score (nSPS) is 14.2. The average Bonchev–Trinajstić information content (AvgIpc) is 2.72. The second-order valence-corrected chi connectivity index (χ2v) is 6.02. The van der Waals surface area contributed by atoms with Crippen LogP contribution in [0.15, 0.2) is 18.2 Å². The quantitative estimate of drug-likeness (QED) is 0.585. The second kappa shape index (κ2) is 7.91. The van der Waals surface area contributed by atoms with E-state index in [1.165, 1.54) is 25.2 Å². The van der Waals surface area contributed by atoms with Gasteiger partial charge in [-0.25, -0.2) is 0 Å². The Morgan fingerprint density at radius 3 is 2.04 bits per heavy atom. The summed E-state index contributed by atoms with van der Waals surface area (Å²) in [6.07, 6.45) is 0. The maximum Gasteiger partial charge on any atom is 0.254 e. The number of hydrogen-bond donors (Lipinski definition) is 0. The monoisotopic (exact) mass is 399 g/mol. The van der Waals surface area contributed by atoms with Crippen LogP contribution in [0.2, 0.25) is 0 Å². The van der Waals surface area contributed by atoms with Gasteiger partial charge >= 0.3 is 0 Å². The summed E-state index contributed by atoms with van der Waals surface area (Å²) in [5.74, 6) is -5.99. The van der Waals surface area contributed by atoms with E-state index in [-0.39, 0.29) is 32.1 Å². The van der Waals surface area contributed by atoms with E-state index in [2.05, 4.69) is 4.98 Å². The maximum atomic E-state index is 13.9. The van der Waals surface area contributed by atoms with Gasteiger partial charge in [0.2, 0.25) is 11.6 Å². The minimum absolute atomic E-state index is 0.00420. The van der Waals surface area contributed by atoms with Gasteiger partial charge in [-0.2, -0.15) is 22.5 Å². The Morgan fingerprint density at radius 1 is 0.929 bits per heavy atom. The van der Waals surface area contributed by atoms with Crippen LogP contribution in [0.3, 0.4) is 0 Å². The number of nitrogens with zero attached hydrogens (tertiary/aromatic N) is 3. The van der Waals surface area contributed by atoms with Crippen molar-refractivity contribution in [2.75, 3.05) is 45.3 Å². The van der Waals surface area contributed by atoms with E-state index in [4.69, 9.17) is 9.47 Å². The van der Waals surface area contributed by atoms with E-state index in [0.717, 1.165) is 4.90 Å². The molecule has 150 valence electrons. The van der Waals surface area contributed by atoms with Crippen molar-refractivity contribution < 1.29 is 31.8 Å². The minimum Gasteiger partial charge on any atom is -0.493 e. The van der Waals surface area contributed by atoms with Crippen LogP contribution in [0.1, 0.15) is 10.4 Å². The predicted octanol–water partition coefficient (Wildman–Crippen LogP) is 2.62. The van der Waals surface area contributed by atoms with E-state index < -0.39 is 29.2 Å². The summed E-state index contributed by atoms with van der Waals surface area (Å²) < 4.78 is 64.8. The molecular weight excluding hydrogens is 382 g/mol. The first-order valence-electron chi connectivity index (χ1n) is 8.33. The van der Waals surface area contributed by atoms with E-state index in [1.807, 2.05) is 0 Å². The largest absolute Gasteiger partial charge is 0.493 e. The van der Waals surface area contributed by atoms with Gasteiger partial charge in [-0.3, -0.25) is 4.79 Å². The first kappa shape index (κ1) is 19.7. The number of ether oxygens (including phenoxy) is 2. The Morgan fingerprint density at radius 2 is 1.50 bits per heavy atom. The molecule has 1 amide bonds. The minimum atomic E-state index is -1.71. The molecule has 1 fully saturated rings. The number of halogens is 4. The van der Waals surface area contributed by atoms with Crippen molar-refractivity contribution in [2.24, 2.45) is 0 Å². The van der Waals surface area contributed by atoms with Crippen LogP contribution in [0.5, 0.6) is 11.5 Å². The Kier molecular flexibility index (Phi) is 5.57. The number of aromatic nitrogens is 1. The molecule has 1 aromatic heterocycles. The zero-order valence-electron chi connectivity index (χ0n) is 15.1. The van der Waals surface area contributed by atoms with Crippen molar-refractivity contribution >= 4 is 11.6 Å². The van der Waals surface area contributed by atoms with Gasteiger partial charge in [0.25, 0.3) is 17.8 Å². The van der Waals surface area contributed by atoms with E-state index in [0.29, 0.717) is 17.1 Å². The lowest BCUT2D eigenvalue weighted by atomic mass is 10.1. The van der Waals surface area contributed by atoms with E-state index >= 15 is 0 Å². The molecule has 1 saturated heterocycles. The third-order valence-corrected chi connectivity index (χ3v) is 4.49. The number of hydrogen-bond acceptors (Lipinski definition) is 5. The van der Waals surface area contributed by atoms with Gasteiger partial charge in [0.1, 0.15) is 5.69 Å². The summed E-state index contributed by atoms with van der Waals surface area (Å²) in [5, 5.41) is 0. The molecule has 0 atom stereocenters. The number of carbonyl (C=O) groups is 1. The van der Waals surface area contributed by atoms with Crippen LogP contribution in [0, 0.1) is 23.5 Å². The summed E-state index contributed by atoms with van der Waals surface area (Å²) in [4.78, 5) is 17.9. The SMILES string of the molecule is COc1ccc(C(=O)N2CCN(c3c(F)c(F)nc(F)c3F)CC2)cc1OC. The fraction of sp³-hybridized carbons (Fsp3) is 0.333. The van der Waals surface area contributed by atoms with E-state index in [1.54, 1.807) is 12.1 Å². The van der Waals surface area contributed by atoms with Crippen molar-refractivity contribution in [3.05, 3.63) is 47.3 Å². The first-order valence-corrected chi connectivity index (χ1v) is 8.33. The molecule has 10 heteroatoms. The van der Waals surface area contributed by atoms with Crippen LogP contribution >= 0.6 is 0 Å². The molecule has 6 nitrogen and oxygen atoms in total. The number of anilines is 1. The fourth-order valence-corrected chi connectivity index (χ4v) is 3.04. The Labute approximate surface area is 158 Å². The highest BCUT2D eigenvalue weighted by Gasteiger charge is 2.29. The number of benzene rings is 1. The standard InChI is InChI=1S/C18H17F4N3O3/c1-27-11-4-3-10(9-12(11)28-2)18(26)25-7-5-24(6-8-25)15-13(19)16(21)23-17(22)14(15)20/h3-4,9H,5-8H2,1-2H3. The highest BCUT2D eigenvalue weighted by molar-refractivity contribution is 5.95. The van der Waals surface area contributed by atoms with Crippen LogP contribution in [0.4, 0.5) is 23.2 Å². The molecule has 1 aromatic carbocycles. The van der Waals surface area contributed by atoms with Crippen LogP contribution in [-0.4, -0.2) is 56.2 Å². The fourth-order valence-electron chi connectivity index (χ4n) is 3.04. The molecule has 1 aliphatic heterocycles. The average molecular weight is 399 g/mol. The summed E-state index contributed by atoms with van der Waals surface area (Å²) in [7, 11) is 2.92. The molecule has 0 spiro atoms. The third kappa shape index (κ3) is 3.54. The Bertz CT molecular complexity index is 876. The number of carbonyl (C=O) groups excluding carboxylic acids is 1. The lowest BCUT2D eigenvalue weighted by molar-refractivity contribution is 0.0746. The molecule has 0 N–H and O–H groups in total. The molecular formula is C18H17F4N3O3. The Balaban J connectivity index is 1.75. The van der Waals surface area contributed by atoms with Gasteiger partial charge in [-0.1, -0.05) is 0 Å². The summed E-state index contributed by atoms with van der Waals surface area (Å²) in [5.41, 5.74) is -0.465. The second-order valence-electron chi connectivity index (χ2n) is 6.02. The molecule has 3 rings (SSSR count). The van der Waals surface area contributed by atoms with Gasteiger partial charge in [0.15, 0.2) is 11.5 Å². The lowest BCUT2D eigenvalue weighted by Crippen LogP contribution is -2.49. The Hall–Kier alpha value is -3.04. The van der Waals surface area contributed by atoms with E-state index in [9.17, 15) is 22.4 Å². The van der Waals surface area contributed by atoms with Gasteiger partial charge in [0.05, 0.1) is 14.2 Å². The van der Waals surface area contributed by atoms with Gasteiger partial charge < -0.3 is 19.3 Å². The van der Waals surface area contributed by atoms with Crippen molar-refractivity contribution in [2.45, 2.75) is 0 Å². The maximum absolute atomic E-state index is 13.9. The number of rotatable bonds is 4. The number of pyridine rings is 1. The van der Waals surface area contributed by atoms with Gasteiger partial charge in [0, 0.05) is 31.7 Å². The molecule has 0 saturated carbocycles. The van der Waals surface area contributed by atoms with Crippen molar-refractivity contribution in [3.8, 4) is 11.5 Å². The molecule has 0 bridgehead atoms. The molecule has 0 unspecified atom stereocenters. The predicted molar refractivity (Wildman–Crippen MR) is 91.7 cm³/mol. The van der Waals surface area contributed by atoms with Crippen LogP contribution < -0.4 is 14.4 Å². The summed E-state index contributed by atoms with van der Waals surface area (Å²) in [6, 6.07) is 4.69. The van der Waals surface area contributed by atoms with Gasteiger partial charge in [-0.05, 0) is 18.2 Å². The smallest absolute Gasteiger partial charge is 0.254 e. The molecule has 0 aliphatic carbocycles. The lowest BCUT2D eigenvalue weighted by Gasteiger charge is -2.36. The third-order valence-electron chi connectivity index (χ3n) is 4.49. The zero-order chi connectivity index (χ0) is 20.4. The van der Waals surface area contributed by atoms with Crippen molar-refractivity contribution in [1.29, 1.82) is 0 Å². The summed E-state index contributed by atoms with van der Waals surface area (Å²) in [6.45, 7) is 0.209. The number of amides is 1. The molecule has 2 aromatic rings. The van der Waals surface area contributed by atoms with Crippen molar-refractivity contribution in [3.63, 3.8) is 0 Å². The molecule has 1 aliphatic rings.